The second kappa shape index (κ2) is 5.87. The summed E-state index contributed by atoms with van der Waals surface area (Å²) in [5, 5.41) is 19.4. The van der Waals surface area contributed by atoms with E-state index in [-0.39, 0.29) is 12.1 Å². The molecule has 0 saturated carbocycles. The number of halogens is 1. The van der Waals surface area contributed by atoms with Crippen LogP contribution in [-0.4, -0.2) is 32.6 Å². The fraction of sp³-hybridized carbons (Fsp3) is 0.182. The predicted molar refractivity (Wildman–Crippen MR) is 65.5 cm³/mol. The molecule has 0 aliphatic carbocycles. The van der Waals surface area contributed by atoms with Crippen molar-refractivity contribution >= 4 is 11.6 Å². The molecule has 2 aromatic rings. The highest BCUT2D eigenvalue weighted by atomic mass is 19.1. The molecular weight excluding hydrogens is 269 g/mol. The van der Waals surface area contributed by atoms with E-state index < -0.39 is 22.3 Å². The molecule has 9 heteroatoms. The summed E-state index contributed by atoms with van der Waals surface area (Å²) in [6.07, 6.45) is 1.76. The molecule has 0 unspecified atom stereocenters. The van der Waals surface area contributed by atoms with Gasteiger partial charge >= 0.3 is 0 Å². The third kappa shape index (κ3) is 3.34. The molecule has 0 aliphatic heterocycles. The number of carbonyl (C=O) groups is 1. The number of rotatable bonds is 5. The first-order valence-electron chi connectivity index (χ1n) is 5.63. The average molecular weight is 279 g/mol. The van der Waals surface area contributed by atoms with Gasteiger partial charge < -0.3 is 5.32 Å². The van der Waals surface area contributed by atoms with E-state index >= 15 is 0 Å². The van der Waals surface area contributed by atoms with Gasteiger partial charge in [-0.05, 0) is 6.07 Å². The first-order valence-corrected chi connectivity index (χ1v) is 5.63. The van der Waals surface area contributed by atoms with Gasteiger partial charge in [0.15, 0.2) is 0 Å². The quantitative estimate of drug-likeness (QED) is 0.621. The van der Waals surface area contributed by atoms with Crippen molar-refractivity contribution < 1.29 is 14.1 Å². The summed E-state index contributed by atoms with van der Waals surface area (Å²) in [4.78, 5) is 25.5. The molecule has 2 N–H and O–H groups in total. The van der Waals surface area contributed by atoms with Crippen LogP contribution < -0.4 is 5.32 Å². The van der Waals surface area contributed by atoms with Crippen LogP contribution in [0.3, 0.4) is 0 Å². The summed E-state index contributed by atoms with van der Waals surface area (Å²) in [5.74, 6) is -0.831. The summed E-state index contributed by atoms with van der Waals surface area (Å²) in [7, 11) is 0. The van der Waals surface area contributed by atoms with Crippen molar-refractivity contribution in [3.63, 3.8) is 0 Å². The average Bonchev–Trinajstić information content (AvgIpc) is 2.91. The summed E-state index contributed by atoms with van der Waals surface area (Å²) in [6.45, 7) is 0.248. The molecule has 8 nitrogen and oxygen atoms in total. The summed E-state index contributed by atoms with van der Waals surface area (Å²) < 4.78 is 13.2. The molecule has 1 heterocycles. The molecule has 20 heavy (non-hydrogen) atoms. The highest BCUT2D eigenvalue weighted by molar-refractivity contribution is 5.94. The Kier molecular flexibility index (Phi) is 3.99. The monoisotopic (exact) mass is 279 g/mol. The van der Waals surface area contributed by atoms with E-state index in [2.05, 4.69) is 20.5 Å². The number of benzene rings is 1. The Morgan fingerprint density at radius 3 is 2.90 bits per heavy atom. The van der Waals surface area contributed by atoms with Gasteiger partial charge in [-0.25, -0.2) is 9.37 Å². The minimum atomic E-state index is -0.834. The lowest BCUT2D eigenvalue weighted by molar-refractivity contribution is -0.385. The molecule has 0 fully saturated rings. The van der Waals surface area contributed by atoms with Gasteiger partial charge in [0.25, 0.3) is 11.6 Å². The maximum absolute atomic E-state index is 13.2. The number of aromatic amines is 1. The van der Waals surface area contributed by atoms with E-state index in [0.29, 0.717) is 12.2 Å². The summed E-state index contributed by atoms with van der Waals surface area (Å²) in [5.41, 5.74) is -0.570. The Labute approximate surface area is 112 Å². The van der Waals surface area contributed by atoms with Crippen LogP contribution in [0.25, 0.3) is 0 Å². The fourth-order valence-corrected chi connectivity index (χ4v) is 1.56. The largest absolute Gasteiger partial charge is 0.352 e. The second-order valence-electron chi connectivity index (χ2n) is 3.89. The van der Waals surface area contributed by atoms with Gasteiger partial charge in [0.1, 0.15) is 18.0 Å². The fourth-order valence-electron chi connectivity index (χ4n) is 1.56. The Hall–Kier alpha value is -2.84. The number of hydrogen-bond donors (Lipinski definition) is 2. The first-order chi connectivity index (χ1) is 9.56. The van der Waals surface area contributed by atoms with Crippen LogP contribution >= 0.6 is 0 Å². The van der Waals surface area contributed by atoms with E-state index in [1.807, 2.05) is 0 Å². The molecule has 1 aromatic carbocycles. The number of nitro groups is 1. The Balaban J connectivity index is 2.00. The van der Waals surface area contributed by atoms with Gasteiger partial charge in [-0.2, -0.15) is 5.10 Å². The van der Waals surface area contributed by atoms with Gasteiger partial charge in [-0.3, -0.25) is 20.0 Å². The molecule has 0 radical (unpaired) electrons. The zero-order valence-electron chi connectivity index (χ0n) is 10.2. The van der Waals surface area contributed by atoms with Gasteiger partial charge in [-0.15, -0.1) is 0 Å². The highest BCUT2D eigenvalue weighted by Gasteiger charge is 2.14. The van der Waals surface area contributed by atoms with E-state index in [0.717, 1.165) is 18.2 Å². The number of carbonyl (C=O) groups excluding carboxylic acids is 1. The number of H-pyrrole nitrogens is 1. The molecule has 0 bridgehead atoms. The van der Waals surface area contributed by atoms with Crippen LogP contribution in [0.1, 0.15) is 16.2 Å². The normalized spacial score (nSPS) is 10.2. The Bertz CT molecular complexity index is 629. The SMILES string of the molecule is O=C(NCCc1ncn[nH]1)c1cc(F)cc([N+](=O)[O-])c1. The van der Waals surface area contributed by atoms with Crippen molar-refractivity contribution in [1.82, 2.24) is 20.5 Å². The van der Waals surface area contributed by atoms with Crippen LogP contribution in [0, 0.1) is 15.9 Å². The lowest BCUT2D eigenvalue weighted by Gasteiger charge is -2.04. The van der Waals surface area contributed by atoms with Gasteiger partial charge in [-0.1, -0.05) is 0 Å². The number of nitrogens with zero attached hydrogens (tertiary/aromatic N) is 3. The van der Waals surface area contributed by atoms with Gasteiger partial charge in [0.2, 0.25) is 0 Å². The second-order valence-corrected chi connectivity index (χ2v) is 3.89. The smallest absolute Gasteiger partial charge is 0.273 e. The van der Waals surface area contributed by atoms with Gasteiger partial charge in [0.05, 0.1) is 11.0 Å². The van der Waals surface area contributed by atoms with Crippen molar-refractivity contribution in [2.75, 3.05) is 6.54 Å². The van der Waals surface area contributed by atoms with Crippen LogP contribution in [0.15, 0.2) is 24.5 Å². The molecule has 104 valence electrons. The lowest BCUT2D eigenvalue weighted by atomic mass is 10.2. The standard InChI is InChI=1S/C11H10FN5O3/c12-8-3-7(4-9(5-8)17(19)20)11(18)13-2-1-10-14-6-15-16-10/h3-6H,1-2H2,(H,13,18)(H,14,15,16). The number of non-ortho nitro benzene ring substituents is 1. The van der Waals surface area contributed by atoms with Crippen molar-refractivity contribution in [1.29, 1.82) is 0 Å². The van der Waals surface area contributed by atoms with Crippen molar-refractivity contribution in [3.8, 4) is 0 Å². The molecule has 0 atom stereocenters. The molecule has 2 rings (SSSR count). The van der Waals surface area contributed by atoms with Crippen molar-refractivity contribution in [2.24, 2.45) is 0 Å². The minimum Gasteiger partial charge on any atom is -0.352 e. The molecule has 0 aliphatic rings. The highest BCUT2D eigenvalue weighted by Crippen LogP contribution is 2.16. The summed E-state index contributed by atoms with van der Waals surface area (Å²) >= 11 is 0. The van der Waals surface area contributed by atoms with Crippen LogP contribution in [0.5, 0.6) is 0 Å². The van der Waals surface area contributed by atoms with Crippen molar-refractivity contribution in [3.05, 3.63) is 51.8 Å². The Morgan fingerprint density at radius 1 is 1.45 bits per heavy atom. The predicted octanol–water partition coefficient (Wildman–Crippen LogP) is 0.824. The number of nitro benzene ring substituents is 1. The molecular formula is C11H10FN5O3. The van der Waals surface area contributed by atoms with E-state index in [1.54, 1.807) is 0 Å². The number of nitrogens with one attached hydrogen (secondary N) is 2. The Morgan fingerprint density at radius 2 is 2.25 bits per heavy atom. The van der Waals surface area contributed by atoms with Gasteiger partial charge in [0, 0.05) is 24.6 Å². The van der Waals surface area contributed by atoms with E-state index in [9.17, 15) is 19.3 Å². The maximum atomic E-state index is 13.2. The maximum Gasteiger partial charge on any atom is 0.273 e. The van der Waals surface area contributed by atoms with Crippen LogP contribution in [0.2, 0.25) is 0 Å². The number of aromatic nitrogens is 3. The molecule has 0 spiro atoms. The van der Waals surface area contributed by atoms with E-state index in [4.69, 9.17) is 0 Å². The third-order valence-corrected chi connectivity index (χ3v) is 2.47. The summed E-state index contributed by atoms with van der Waals surface area (Å²) in [6, 6.07) is 2.72. The first kappa shape index (κ1) is 13.6. The number of amides is 1. The number of hydrogen-bond acceptors (Lipinski definition) is 5. The molecule has 1 aromatic heterocycles. The zero-order valence-corrected chi connectivity index (χ0v) is 10.2. The molecule has 0 saturated heterocycles. The van der Waals surface area contributed by atoms with E-state index in [1.165, 1.54) is 6.33 Å². The molecule has 1 amide bonds. The van der Waals surface area contributed by atoms with Crippen molar-refractivity contribution in [2.45, 2.75) is 6.42 Å². The topological polar surface area (TPSA) is 114 Å². The lowest BCUT2D eigenvalue weighted by Crippen LogP contribution is -2.26. The van der Waals surface area contributed by atoms with Crippen LogP contribution in [-0.2, 0) is 6.42 Å². The third-order valence-electron chi connectivity index (χ3n) is 2.47. The minimum absolute atomic E-state index is 0.103. The zero-order chi connectivity index (χ0) is 14.5. The van der Waals surface area contributed by atoms with Crippen LogP contribution in [0.4, 0.5) is 10.1 Å².